The van der Waals surface area contributed by atoms with Gasteiger partial charge in [0.1, 0.15) is 0 Å². The number of hydrogen-bond acceptors (Lipinski definition) is 5. The van der Waals surface area contributed by atoms with Gasteiger partial charge >= 0.3 is 0 Å². The molecular formula is C31H28ClN5OS. The Morgan fingerprint density at radius 2 is 1.74 bits per heavy atom. The van der Waals surface area contributed by atoms with E-state index in [-0.39, 0.29) is 5.91 Å². The Labute approximate surface area is 237 Å². The highest BCUT2D eigenvalue weighted by atomic mass is 35.5. The molecule has 39 heavy (non-hydrogen) atoms. The minimum atomic E-state index is -0.274. The maximum Gasteiger partial charge on any atom is 0.271 e. The summed E-state index contributed by atoms with van der Waals surface area (Å²) in [5.41, 5.74) is 12.6. The highest BCUT2D eigenvalue weighted by Crippen LogP contribution is 2.28. The fourth-order valence-corrected chi connectivity index (χ4v) is 5.27. The standard InChI is InChI=1S/C31H28ClN5OS/c1-19-6-5-7-29(21(19)3)37-20(2)16-25(22(37)4)17-33-36-30(38)24-10-8-23(9-11-24)28-18-39-31(35-28)34-27-14-12-26(32)13-15-27/h5-18H,1-4H3,(H,34,35)(H,36,38)/b33-17-. The van der Waals surface area contributed by atoms with Gasteiger partial charge in [0.05, 0.1) is 11.9 Å². The van der Waals surface area contributed by atoms with Crippen molar-refractivity contribution in [2.24, 2.45) is 5.10 Å². The molecule has 1 amide bonds. The Morgan fingerprint density at radius 3 is 2.49 bits per heavy atom. The lowest BCUT2D eigenvalue weighted by atomic mass is 10.1. The van der Waals surface area contributed by atoms with Crippen LogP contribution in [0.5, 0.6) is 0 Å². The van der Waals surface area contributed by atoms with E-state index in [4.69, 9.17) is 11.6 Å². The van der Waals surface area contributed by atoms with Crippen molar-refractivity contribution >= 4 is 45.9 Å². The van der Waals surface area contributed by atoms with Crippen molar-refractivity contribution < 1.29 is 4.79 Å². The van der Waals surface area contributed by atoms with Crippen LogP contribution in [0, 0.1) is 27.7 Å². The van der Waals surface area contributed by atoms with Gasteiger partial charge in [0, 0.05) is 49.9 Å². The molecule has 8 heteroatoms. The number of rotatable bonds is 7. The molecule has 0 aliphatic heterocycles. The summed E-state index contributed by atoms with van der Waals surface area (Å²) in [6.07, 6.45) is 1.70. The second-order valence-electron chi connectivity index (χ2n) is 9.33. The zero-order chi connectivity index (χ0) is 27.5. The molecule has 196 valence electrons. The Hall–Kier alpha value is -4.20. The van der Waals surface area contributed by atoms with Gasteiger partial charge < -0.3 is 9.88 Å². The maximum absolute atomic E-state index is 12.7. The molecule has 0 saturated carbocycles. The summed E-state index contributed by atoms with van der Waals surface area (Å²) >= 11 is 7.47. The van der Waals surface area contributed by atoms with Crippen molar-refractivity contribution in [2.75, 3.05) is 5.32 Å². The van der Waals surface area contributed by atoms with Crippen LogP contribution in [0.25, 0.3) is 16.9 Å². The average Bonchev–Trinajstić information content (AvgIpc) is 3.51. The number of thiazole rings is 1. The maximum atomic E-state index is 12.7. The number of hydrogen-bond donors (Lipinski definition) is 2. The molecule has 0 saturated heterocycles. The minimum absolute atomic E-state index is 0.274. The first-order valence-electron chi connectivity index (χ1n) is 12.5. The summed E-state index contributed by atoms with van der Waals surface area (Å²) in [6.45, 7) is 8.39. The fourth-order valence-electron chi connectivity index (χ4n) is 4.40. The summed E-state index contributed by atoms with van der Waals surface area (Å²) in [7, 11) is 0. The van der Waals surface area contributed by atoms with Crippen LogP contribution in [-0.2, 0) is 0 Å². The third kappa shape index (κ3) is 5.79. The molecule has 5 aromatic rings. The molecule has 5 rings (SSSR count). The number of carbonyl (C=O) groups excluding carboxylic acids is 1. The first-order valence-corrected chi connectivity index (χ1v) is 13.7. The van der Waals surface area contributed by atoms with Crippen LogP contribution < -0.4 is 10.7 Å². The Bertz CT molecular complexity index is 1670. The zero-order valence-electron chi connectivity index (χ0n) is 22.1. The van der Waals surface area contributed by atoms with Crippen LogP contribution in [-0.4, -0.2) is 21.7 Å². The van der Waals surface area contributed by atoms with Crippen molar-refractivity contribution in [1.29, 1.82) is 0 Å². The zero-order valence-corrected chi connectivity index (χ0v) is 23.7. The number of aryl methyl sites for hydroxylation is 2. The quantitative estimate of drug-likeness (QED) is 0.158. The van der Waals surface area contributed by atoms with E-state index in [2.05, 4.69) is 77.4 Å². The van der Waals surface area contributed by atoms with Crippen LogP contribution >= 0.6 is 22.9 Å². The van der Waals surface area contributed by atoms with Gasteiger partial charge in [0.2, 0.25) is 0 Å². The lowest BCUT2D eigenvalue weighted by Crippen LogP contribution is -2.17. The molecular weight excluding hydrogens is 526 g/mol. The number of benzene rings is 3. The molecule has 0 spiro atoms. The number of anilines is 2. The summed E-state index contributed by atoms with van der Waals surface area (Å²) < 4.78 is 2.22. The number of amides is 1. The smallest absolute Gasteiger partial charge is 0.271 e. The predicted octanol–water partition coefficient (Wildman–Crippen LogP) is 8.00. The van der Waals surface area contributed by atoms with Gasteiger partial charge in [-0.25, -0.2) is 10.4 Å². The Balaban J connectivity index is 1.24. The molecule has 2 aromatic heterocycles. The average molecular weight is 554 g/mol. The number of carbonyl (C=O) groups is 1. The molecule has 0 radical (unpaired) electrons. The molecule has 2 heterocycles. The summed E-state index contributed by atoms with van der Waals surface area (Å²) in [6, 6.07) is 23.2. The van der Waals surface area contributed by atoms with Crippen LogP contribution in [0.3, 0.4) is 0 Å². The molecule has 0 unspecified atom stereocenters. The second kappa shape index (κ2) is 11.3. The first-order chi connectivity index (χ1) is 18.8. The largest absolute Gasteiger partial charge is 0.332 e. The molecule has 2 N–H and O–H groups in total. The lowest BCUT2D eigenvalue weighted by molar-refractivity contribution is 0.0955. The van der Waals surface area contributed by atoms with Crippen molar-refractivity contribution in [3.8, 4) is 16.9 Å². The van der Waals surface area contributed by atoms with Crippen LogP contribution in [0.15, 0.2) is 83.3 Å². The van der Waals surface area contributed by atoms with Crippen LogP contribution in [0.2, 0.25) is 5.02 Å². The topological polar surface area (TPSA) is 71.3 Å². The van der Waals surface area contributed by atoms with Crippen molar-refractivity contribution in [1.82, 2.24) is 15.0 Å². The number of nitrogens with zero attached hydrogens (tertiary/aromatic N) is 3. The Morgan fingerprint density at radius 1 is 1.00 bits per heavy atom. The molecule has 0 aliphatic carbocycles. The molecule has 0 aliphatic rings. The molecule has 3 aromatic carbocycles. The third-order valence-corrected chi connectivity index (χ3v) is 7.71. The van der Waals surface area contributed by atoms with E-state index < -0.39 is 0 Å². The third-order valence-electron chi connectivity index (χ3n) is 6.70. The monoisotopic (exact) mass is 553 g/mol. The molecule has 0 fully saturated rings. The van der Waals surface area contributed by atoms with Crippen LogP contribution in [0.1, 0.15) is 38.4 Å². The van der Waals surface area contributed by atoms with Gasteiger partial charge in [-0.3, -0.25) is 4.79 Å². The van der Waals surface area contributed by atoms with Crippen molar-refractivity contribution in [2.45, 2.75) is 27.7 Å². The fraction of sp³-hybridized carbons (Fsp3) is 0.129. The summed E-state index contributed by atoms with van der Waals surface area (Å²) in [5, 5.41) is 11.0. The van der Waals surface area contributed by atoms with E-state index >= 15 is 0 Å². The number of aromatic nitrogens is 2. The second-order valence-corrected chi connectivity index (χ2v) is 10.6. The van der Waals surface area contributed by atoms with Gasteiger partial charge in [-0.15, -0.1) is 11.3 Å². The normalized spacial score (nSPS) is 11.2. The van der Waals surface area contributed by atoms with E-state index in [1.165, 1.54) is 22.5 Å². The number of halogens is 1. The van der Waals surface area contributed by atoms with E-state index in [1.807, 2.05) is 41.8 Å². The van der Waals surface area contributed by atoms with Crippen molar-refractivity contribution in [3.63, 3.8) is 0 Å². The van der Waals surface area contributed by atoms with E-state index in [9.17, 15) is 4.79 Å². The van der Waals surface area contributed by atoms with Gasteiger partial charge in [-0.05, 0) is 87.4 Å². The molecule has 0 atom stereocenters. The van der Waals surface area contributed by atoms with Gasteiger partial charge in [-0.2, -0.15) is 5.10 Å². The SMILES string of the molecule is Cc1cccc(-n2c(C)cc(/C=N\NC(=O)c3ccc(-c4csc(Nc5ccc(Cl)cc5)n4)cc3)c2C)c1C. The molecule has 0 bridgehead atoms. The van der Waals surface area contributed by atoms with Crippen LogP contribution in [0.4, 0.5) is 10.8 Å². The van der Waals surface area contributed by atoms with E-state index in [0.29, 0.717) is 10.6 Å². The summed E-state index contributed by atoms with van der Waals surface area (Å²) in [4.78, 5) is 17.4. The van der Waals surface area contributed by atoms with Crippen molar-refractivity contribution in [3.05, 3.63) is 117 Å². The van der Waals surface area contributed by atoms with E-state index in [1.54, 1.807) is 18.3 Å². The molecule has 6 nitrogen and oxygen atoms in total. The van der Waals surface area contributed by atoms with E-state index in [0.717, 1.165) is 44.7 Å². The van der Waals surface area contributed by atoms with Gasteiger partial charge in [-0.1, -0.05) is 35.9 Å². The number of hydrazone groups is 1. The Kier molecular flexibility index (Phi) is 7.63. The van der Waals surface area contributed by atoms with Gasteiger partial charge in [0.15, 0.2) is 5.13 Å². The first kappa shape index (κ1) is 26.4. The van der Waals surface area contributed by atoms with Gasteiger partial charge in [0.25, 0.3) is 5.91 Å². The highest BCUT2D eigenvalue weighted by molar-refractivity contribution is 7.14. The highest BCUT2D eigenvalue weighted by Gasteiger charge is 2.13. The number of nitrogens with one attached hydrogen (secondary N) is 2. The minimum Gasteiger partial charge on any atom is -0.332 e. The summed E-state index contributed by atoms with van der Waals surface area (Å²) in [5.74, 6) is -0.274. The lowest BCUT2D eigenvalue weighted by Gasteiger charge is -2.14. The predicted molar refractivity (Wildman–Crippen MR) is 162 cm³/mol.